The van der Waals surface area contributed by atoms with Crippen molar-refractivity contribution in [2.24, 2.45) is 7.05 Å². The first kappa shape index (κ1) is 29.2. The Hall–Kier alpha value is -3.32. The Labute approximate surface area is 223 Å². The average Bonchev–Trinajstić information content (AvgIpc) is 3.26. The summed E-state index contributed by atoms with van der Waals surface area (Å²) < 4.78 is 35.7. The fourth-order valence-electron chi connectivity index (χ4n) is 4.84. The molecule has 0 radical (unpaired) electrons. The van der Waals surface area contributed by atoms with E-state index in [4.69, 9.17) is 9.84 Å². The largest absolute Gasteiger partial charge is 0.465 e. The molecule has 0 atom stereocenters. The Morgan fingerprint density at radius 1 is 0.842 bits per heavy atom. The van der Waals surface area contributed by atoms with E-state index in [0.717, 1.165) is 49.8 Å². The van der Waals surface area contributed by atoms with E-state index < -0.39 is 23.4 Å². The molecule has 204 valence electrons. The lowest BCUT2D eigenvalue weighted by Gasteiger charge is -2.13. The minimum Gasteiger partial charge on any atom is -0.465 e. The maximum absolute atomic E-state index is 15.0. The van der Waals surface area contributed by atoms with Crippen molar-refractivity contribution in [1.29, 1.82) is 0 Å². The zero-order valence-corrected chi connectivity index (χ0v) is 22.5. The van der Waals surface area contributed by atoms with Crippen molar-refractivity contribution < 1.29 is 28.2 Å². The number of benzene rings is 2. The number of ether oxygens (including phenoxy) is 1. The highest BCUT2D eigenvalue weighted by molar-refractivity contribution is 6.15. The summed E-state index contributed by atoms with van der Waals surface area (Å²) in [6.07, 6.45) is 11.3. The second kappa shape index (κ2) is 14.0. The minimum absolute atomic E-state index is 0.00373. The third kappa shape index (κ3) is 6.95. The van der Waals surface area contributed by atoms with Gasteiger partial charge < -0.3 is 14.4 Å². The standard InChI is InChI=1S/C31H37F2NO4/c1-21-25(32)17-18-26(33)27(21)28-24(31(37)38-3)20-34(2)29(28)30(36)23-15-13-22(14-16-23)12-10-8-6-4-5-7-9-11-19-35/h13-18,20,35H,4-12,19H2,1-3H3. The lowest BCUT2D eigenvalue weighted by Crippen LogP contribution is -2.10. The van der Waals surface area contributed by atoms with Crippen LogP contribution >= 0.6 is 0 Å². The Morgan fingerprint density at radius 3 is 2.03 bits per heavy atom. The van der Waals surface area contributed by atoms with E-state index in [0.29, 0.717) is 5.56 Å². The number of esters is 1. The zero-order valence-electron chi connectivity index (χ0n) is 22.5. The SMILES string of the molecule is COC(=O)c1cn(C)c(C(=O)c2ccc(CCCCCCCCCCO)cc2)c1-c1c(F)ccc(F)c1C. The van der Waals surface area contributed by atoms with E-state index in [1.54, 1.807) is 19.2 Å². The van der Waals surface area contributed by atoms with Crippen molar-refractivity contribution in [3.05, 3.63) is 82.2 Å². The molecule has 0 unspecified atom stereocenters. The van der Waals surface area contributed by atoms with Gasteiger partial charge in [0.1, 0.15) is 11.6 Å². The summed E-state index contributed by atoms with van der Waals surface area (Å²) in [5, 5.41) is 8.82. The Bertz CT molecular complexity index is 1250. The Balaban J connectivity index is 1.77. The van der Waals surface area contributed by atoms with Crippen molar-refractivity contribution >= 4 is 11.8 Å². The molecule has 0 aliphatic carbocycles. The van der Waals surface area contributed by atoms with Crippen molar-refractivity contribution in [3.8, 4) is 11.1 Å². The maximum atomic E-state index is 15.0. The number of aryl methyl sites for hydroxylation is 2. The smallest absolute Gasteiger partial charge is 0.340 e. The van der Waals surface area contributed by atoms with Crippen LogP contribution in [-0.2, 0) is 18.2 Å². The second-order valence-corrected chi connectivity index (χ2v) is 9.73. The van der Waals surface area contributed by atoms with Crippen LogP contribution < -0.4 is 0 Å². The summed E-state index contributed by atoms with van der Waals surface area (Å²) in [6, 6.07) is 9.32. The van der Waals surface area contributed by atoms with Gasteiger partial charge in [-0.3, -0.25) is 4.79 Å². The van der Waals surface area contributed by atoms with Gasteiger partial charge in [-0.1, -0.05) is 62.8 Å². The van der Waals surface area contributed by atoms with Crippen LogP contribution in [0.4, 0.5) is 8.78 Å². The summed E-state index contributed by atoms with van der Waals surface area (Å²) in [4.78, 5) is 26.2. The van der Waals surface area contributed by atoms with E-state index >= 15 is 0 Å². The van der Waals surface area contributed by atoms with E-state index in [9.17, 15) is 18.4 Å². The molecule has 0 aliphatic heterocycles. The number of rotatable bonds is 14. The normalized spacial score (nSPS) is 11.1. The van der Waals surface area contributed by atoms with Gasteiger partial charge in [-0.25, -0.2) is 13.6 Å². The molecule has 1 N–H and O–H groups in total. The molecule has 7 heteroatoms. The molecular weight excluding hydrogens is 488 g/mol. The molecule has 3 rings (SSSR count). The molecule has 38 heavy (non-hydrogen) atoms. The van der Waals surface area contributed by atoms with Crippen LogP contribution in [-0.4, -0.2) is 35.1 Å². The first-order valence-corrected chi connectivity index (χ1v) is 13.3. The quantitative estimate of drug-likeness (QED) is 0.140. The van der Waals surface area contributed by atoms with Gasteiger partial charge in [0.25, 0.3) is 0 Å². The molecule has 0 saturated heterocycles. The van der Waals surface area contributed by atoms with Gasteiger partial charge in [0.05, 0.1) is 18.4 Å². The van der Waals surface area contributed by atoms with Crippen LogP contribution in [0.1, 0.15) is 88.9 Å². The number of unbranched alkanes of at least 4 members (excludes halogenated alkanes) is 7. The first-order chi connectivity index (χ1) is 18.3. The summed E-state index contributed by atoms with van der Waals surface area (Å²) in [5.74, 6) is -2.49. The van der Waals surface area contributed by atoms with Gasteiger partial charge in [0.15, 0.2) is 0 Å². The fourth-order valence-corrected chi connectivity index (χ4v) is 4.84. The lowest BCUT2D eigenvalue weighted by atomic mass is 9.93. The lowest BCUT2D eigenvalue weighted by molar-refractivity contribution is 0.0601. The number of ketones is 1. The molecule has 5 nitrogen and oxygen atoms in total. The van der Waals surface area contributed by atoms with Gasteiger partial charge in [-0.2, -0.15) is 0 Å². The Morgan fingerprint density at radius 2 is 1.42 bits per heavy atom. The molecule has 0 fully saturated rings. The van der Waals surface area contributed by atoms with Crippen LogP contribution in [0.3, 0.4) is 0 Å². The van der Waals surface area contributed by atoms with Crippen molar-refractivity contribution in [2.45, 2.75) is 64.7 Å². The number of halogens is 2. The van der Waals surface area contributed by atoms with Crippen LogP contribution in [0.25, 0.3) is 11.1 Å². The third-order valence-electron chi connectivity index (χ3n) is 6.99. The van der Waals surface area contributed by atoms with Crippen LogP contribution in [0.5, 0.6) is 0 Å². The van der Waals surface area contributed by atoms with Crippen molar-refractivity contribution in [1.82, 2.24) is 4.57 Å². The van der Waals surface area contributed by atoms with E-state index in [1.165, 1.54) is 50.5 Å². The Kier molecular flexibility index (Phi) is 10.8. The predicted octanol–water partition coefficient (Wildman–Crippen LogP) is 6.95. The van der Waals surface area contributed by atoms with Crippen molar-refractivity contribution in [3.63, 3.8) is 0 Å². The molecule has 0 bridgehead atoms. The third-order valence-corrected chi connectivity index (χ3v) is 6.99. The number of aliphatic hydroxyl groups excluding tert-OH is 1. The molecule has 1 aromatic heterocycles. The van der Waals surface area contributed by atoms with E-state index in [1.807, 2.05) is 12.1 Å². The maximum Gasteiger partial charge on any atom is 0.340 e. The monoisotopic (exact) mass is 525 g/mol. The van der Waals surface area contributed by atoms with Crippen LogP contribution in [0.2, 0.25) is 0 Å². The number of aromatic nitrogens is 1. The number of hydrogen-bond donors (Lipinski definition) is 1. The predicted molar refractivity (Wildman–Crippen MR) is 144 cm³/mol. The molecule has 0 amide bonds. The first-order valence-electron chi connectivity index (χ1n) is 13.3. The number of methoxy groups -OCH3 is 1. The topological polar surface area (TPSA) is 68.5 Å². The van der Waals surface area contributed by atoms with Gasteiger partial charge in [0.2, 0.25) is 5.78 Å². The average molecular weight is 526 g/mol. The fraction of sp³-hybridized carbons (Fsp3) is 0.419. The number of hydrogen-bond acceptors (Lipinski definition) is 4. The molecule has 0 spiro atoms. The second-order valence-electron chi connectivity index (χ2n) is 9.73. The van der Waals surface area contributed by atoms with Gasteiger partial charge in [-0.15, -0.1) is 0 Å². The summed E-state index contributed by atoms with van der Waals surface area (Å²) in [5.41, 5.74) is 1.51. The molecule has 0 aliphatic rings. The van der Waals surface area contributed by atoms with Gasteiger partial charge in [-0.05, 0) is 49.4 Å². The number of aliphatic hydroxyl groups is 1. The van der Waals surface area contributed by atoms with Gasteiger partial charge >= 0.3 is 5.97 Å². The highest BCUT2D eigenvalue weighted by Crippen LogP contribution is 2.36. The molecule has 1 heterocycles. The van der Waals surface area contributed by atoms with Gasteiger partial charge in [0, 0.05) is 36.5 Å². The molecular formula is C31H37F2NO4. The van der Waals surface area contributed by atoms with Crippen LogP contribution in [0.15, 0.2) is 42.6 Å². The molecule has 2 aromatic carbocycles. The van der Waals surface area contributed by atoms with Crippen LogP contribution in [0, 0.1) is 18.6 Å². The van der Waals surface area contributed by atoms with Crippen molar-refractivity contribution in [2.75, 3.05) is 13.7 Å². The summed E-state index contributed by atoms with van der Waals surface area (Å²) >= 11 is 0. The number of carbonyl (C=O) groups is 2. The van der Waals surface area contributed by atoms with E-state index in [2.05, 4.69) is 0 Å². The highest BCUT2D eigenvalue weighted by atomic mass is 19.1. The zero-order chi connectivity index (χ0) is 27.7. The molecule has 3 aromatic rings. The summed E-state index contributed by atoms with van der Waals surface area (Å²) in [6.45, 7) is 1.69. The molecule has 0 saturated carbocycles. The highest BCUT2D eigenvalue weighted by Gasteiger charge is 2.29. The summed E-state index contributed by atoms with van der Waals surface area (Å²) in [7, 11) is 2.80. The minimum atomic E-state index is -0.738. The van der Waals surface area contributed by atoms with E-state index in [-0.39, 0.29) is 34.6 Å². The number of nitrogens with zero attached hydrogens (tertiary/aromatic N) is 1. The number of carbonyl (C=O) groups excluding carboxylic acids is 2.